The van der Waals surface area contributed by atoms with Gasteiger partial charge < -0.3 is 14.4 Å². The van der Waals surface area contributed by atoms with Crippen LogP contribution in [0.25, 0.3) is 16.9 Å². The zero-order chi connectivity index (χ0) is 21.5. The monoisotopic (exact) mass is 420 g/mol. The number of nitrogens with zero attached hydrogens (tertiary/aromatic N) is 4. The molecule has 2 aliphatic heterocycles. The first-order chi connectivity index (χ1) is 15.1. The van der Waals surface area contributed by atoms with Crippen molar-refractivity contribution in [1.29, 1.82) is 0 Å². The van der Waals surface area contributed by atoms with Crippen molar-refractivity contribution < 1.29 is 9.47 Å². The Morgan fingerprint density at radius 1 is 1.03 bits per heavy atom. The number of anilines is 1. The first-order valence-corrected chi connectivity index (χ1v) is 10.8. The maximum absolute atomic E-state index is 13.1. The van der Waals surface area contributed by atoms with Crippen LogP contribution in [0.15, 0.2) is 41.3 Å². The summed E-state index contributed by atoms with van der Waals surface area (Å²) in [6.45, 7) is 6.35. The van der Waals surface area contributed by atoms with Gasteiger partial charge in [-0.2, -0.15) is 0 Å². The highest BCUT2D eigenvalue weighted by atomic mass is 16.5. The van der Waals surface area contributed by atoms with Gasteiger partial charge in [-0.05, 0) is 56.1 Å². The minimum absolute atomic E-state index is 0.0840. The van der Waals surface area contributed by atoms with Crippen molar-refractivity contribution in [1.82, 2.24) is 14.3 Å². The van der Waals surface area contributed by atoms with Crippen LogP contribution < -0.4 is 19.9 Å². The van der Waals surface area contributed by atoms with Gasteiger partial charge in [-0.3, -0.25) is 14.1 Å². The third-order valence-electron chi connectivity index (χ3n) is 6.56. The molecule has 0 saturated carbocycles. The minimum Gasteiger partial charge on any atom is -0.493 e. The van der Waals surface area contributed by atoms with Crippen molar-refractivity contribution in [3.8, 4) is 22.8 Å². The second-order valence-corrected chi connectivity index (χ2v) is 8.40. The number of benzene rings is 1. The van der Waals surface area contributed by atoms with Crippen molar-refractivity contribution in [3.05, 3.63) is 52.4 Å². The van der Waals surface area contributed by atoms with Crippen LogP contribution in [0.2, 0.25) is 0 Å². The fourth-order valence-corrected chi connectivity index (χ4v) is 4.89. The Balaban J connectivity index is 1.53. The van der Waals surface area contributed by atoms with Gasteiger partial charge >= 0.3 is 0 Å². The predicted octanol–water partition coefficient (Wildman–Crippen LogP) is 2.97. The number of methoxy groups -OCH3 is 2. The topological polar surface area (TPSA) is 59.3 Å². The number of hydrogen-bond acceptors (Lipinski definition) is 6. The molecule has 2 aromatic heterocycles. The molecule has 7 heteroatoms. The molecule has 2 aliphatic rings. The van der Waals surface area contributed by atoms with Crippen molar-refractivity contribution in [2.24, 2.45) is 0 Å². The maximum Gasteiger partial charge on any atom is 0.258 e. The number of piperazine rings is 1. The van der Waals surface area contributed by atoms with Crippen LogP contribution in [-0.4, -0.2) is 60.7 Å². The molecule has 0 bridgehead atoms. The molecule has 162 valence electrons. The molecule has 5 rings (SSSR count). The van der Waals surface area contributed by atoms with Crippen LogP contribution in [0.3, 0.4) is 0 Å². The highest BCUT2D eigenvalue weighted by Crippen LogP contribution is 2.32. The van der Waals surface area contributed by atoms with E-state index in [1.54, 1.807) is 24.7 Å². The standard InChI is InChI=1S/C24H28N4O3/c1-16-11-19(27-10-9-26-8-4-5-18(26)14-27)15-28-23(29)13-20(25-24(16)28)17-6-7-21(30-2)22(12-17)31-3/h6-7,11-13,15,18H,4-5,8-10,14H2,1-3H3/t18-/m0/s1. The molecule has 1 atom stereocenters. The van der Waals surface area contributed by atoms with E-state index in [1.165, 1.54) is 19.4 Å². The number of rotatable bonds is 4. The number of aromatic nitrogens is 2. The van der Waals surface area contributed by atoms with Crippen LogP contribution >= 0.6 is 0 Å². The van der Waals surface area contributed by atoms with Crippen molar-refractivity contribution in [2.45, 2.75) is 25.8 Å². The highest BCUT2D eigenvalue weighted by Gasteiger charge is 2.30. The van der Waals surface area contributed by atoms with Gasteiger partial charge in [0, 0.05) is 43.5 Å². The summed E-state index contributed by atoms with van der Waals surface area (Å²) in [5.41, 5.74) is 4.13. The van der Waals surface area contributed by atoms with Crippen LogP contribution in [0.4, 0.5) is 5.69 Å². The average Bonchev–Trinajstić information content (AvgIpc) is 3.27. The lowest BCUT2D eigenvalue weighted by atomic mass is 10.1. The predicted molar refractivity (Wildman–Crippen MR) is 122 cm³/mol. The smallest absolute Gasteiger partial charge is 0.258 e. The molecule has 0 amide bonds. The minimum atomic E-state index is -0.0840. The largest absolute Gasteiger partial charge is 0.493 e. The van der Waals surface area contributed by atoms with Gasteiger partial charge in [-0.25, -0.2) is 4.98 Å². The van der Waals surface area contributed by atoms with Gasteiger partial charge in [0.15, 0.2) is 11.5 Å². The van der Waals surface area contributed by atoms with Crippen LogP contribution in [0.1, 0.15) is 18.4 Å². The first kappa shape index (κ1) is 19.9. The third-order valence-corrected chi connectivity index (χ3v) is 6.56. The van der Waals surface area contributed by atoms with Crippen LogP contribution in [-0.2, 0) is 0 Å². The summed E-state index contributed by atoms with van der Waals surface area (Å²) in [6.07, 6.45) is 4.50. The van der Waals surface area contributed by atoms with E-state index < -0.39 is 0 Å². The van der Waals surface area contributed by atoms with Gasteiger partial charge in [-0.15, -0.1) is 0 Å². The highest BCUT2D eigenvalue weighted by molar-refractivity contribution is 5.67. The average molecular weight is 421 g/mol. The van der Waals surface area contributed by atoms with Crippen LogP contribution in [0.5, 0.6) is 11.5 Å². The summed E-state index contributed by atoms with van der Waals surface area (Å²) >= 11 is 0. The summed E-state index contributed by atoms with van der Waals surface area (Å²) < 4.78 is 12.4. The van der Waals surface area contributed by atoms with Gasteiger partial charge in [0.05, 0.1) is 25.6 Å². The SMILES string of the molecule is COc1ccc(-c2cc(=O)n3cc(N4CCN5CCC[C@H]5C4)cc(C)c3n2)cc1OC. The van der Waals surface area contributed by atoms with Gasteiger partial charge in [0.25, 0.3) is 5.56 Å². The molecule has 0 spiro atoms. The molecule has 0 aliphatic carbocycles. The van der Waals surface area contributed by atoms with Gasteiger partial charge in [-0.1, -0.05) is 0 Å². The molecular weight excluding hydrogens is 392 g/mol. The number of aryl methyl sites for hydroxylation is 1. The summed E-state index contributed by atoms with van der Waals surface area (Å²) in [7, 11) is 3.20. The number of fused-ring (bicyclic) bond motifs is 2. The Kier molecular flexibility index (Phi) is 5.06. The van der Waals surface area contributed by atoms with Gasteiger partial charge in [0.1, 0.15) is 5.65 Å². The van der Waals surface area contributed by atoms with E-state index in [2.05, 4.69) is 15.9 Å². The zero-order valence-electron chi connectivity index (χ0n) is 18.3. The molecular formula is C24H28N4O3. The molecule has 2 fully saturated rings. The third kappa shape index (κ3) is 3.53. The summed E-state index contributed by atoms with van der Waals surface area (Å²) in [5, 5.41) is 0. The number of hydrogen-bond donors (Lipinski definition) is 0. The second kappa shape index (κ2) is 7.89. The van der Waals surface area contributed by atoms with E-state index >= 15 is 0 Å². The molecule has 1 aromatic carbocycles. The molecule has 0 radical (unpaired) electrons. The quantitative estimate of drug-likeness (QED) is 0.647. The second-order valence-electron chi connectivity index (χ2n) is 8.40. The van der Waals surface area contributed by atoms with Crippen LogP contribution in [0, 0.1) is 6.92 Å². The summed E-state index contributed by atoms with van der Waals surface area (Å²) in [5.74, 6) is 1.26. The van der Waals surface area contributed by atoms with E-state index in [1.807, 2.05) is 31.3 Å². The zero-order valence-corrected chi connectivity index (χ0v) is 18.3. The molecule has 2 saturated heterocycles. The van der Waals surface area contributed by atoms with E-state index in [0.717, 1.165) is 36.4 Å². The summed E-state index contributed by atoms with van der Waals surface area (Å²) in [6, 6.07) is 9.95. The van der Waals surface area contributed by atoms with Gasteiger partial charge in [0.2, 0.25) is 0 Å². The fourth-order valence-electron chi connectivity index (χ4n) is 4.89. The lowest BCUT2D eigenvalue weighted by Gasteiger charge is -2.39. The van der Waals surface area contributed by atoms with Crippen molar-refractivity contribution in [3.63, 3.8) is 0 Å². The van der Waals surface area contributed by atoms with E-state index in [9.17, 15) is 4.79 Å². The first-order valence-electron chi connectivity index (χ1n) is 10.8. The Morgan fingerprint density at radius 2 is 1.87 bits per heavy atom. The number of ether oxygens (including phenoxy) is 2. The maximum atomic E-state index is 13.1. The molecule has 4 heterocycles. The van der Waals surface area contributed by atoms with E-state index in [4.69, 9.17) is 14.5 Å². The molecule has 0 N–H and O–H groups in total. The van der Waals surface area contributed by atoms with E-state index in [-0.39, 0.29) is 5.56 Å². The normalized spacial score (nSPS) is 18.9. The van der Waals surface area contributed by atoms with Crippen molar-refractivity contribution in [2.75, 3.05) is 45.3 Å². The fraction of sp³-hybridized carbons (Fsp3) is 0.417. The summed E-state index contributed by atoms with van der Waals surface area (Å²) in [4.78, 5) is 22.9. The number of pyridine rings is 1. The molecule has 7 nitrogen and oxygen atoms in total. The molecule has 0 unspecified atom stereocenters. The Hall–Kier alpha value is -3.06. The lowest BCUT2D eigenvalue weighted by Crippen LogP contribution is -2.50. The lowest BCUT2D eigenvalue weighted by molar-refractivity contribution is 0.231. The Morgan fingerprint density at radius 3 is 2.68 bits per heavy atom. The molecule has 31 heavy (non-hydrogen) atoms. The van der Waals surface area contributed by atoms with Crippen molar-refractivity contribution >= 4 is 11.3 Å². The molecule has 3 aromatic rings. The van der Waals surface area contributed by atoms with E-state index in [0.29, 0.717) is 28.9 Å². The Labute approximate surface area is 181 Å². The Bertz CT molecular complexity index is 1190.